The minimum atomic E-state index is -0.141. The maximum atomic E-state index is 13.1. The fourth-order valence-corrected chi connectivity index (χ4v) is 5.26. The average molecular weight is 573 g/mol. The molecule has 1 fully saturated rings. The van der Waals surface area contributed by atoms with Crippen molar-refractivity contribution in [1.82, 2.24) is 0 Å². The number of rotatable bonds is 18. The molecule has 2 unspecified atom stereocenters. The van der Waals surface area contributed by atoms with Gasteiger partial charge in [0, 0.05) is 18.3 Å². The molecule has 1 aromatic carbocycles. The molecular weight excluding hydrogens is 526 g/mol. The van der Waals surface area contributed by atoms with Crippen LogP contribution in [0.5, 0.6) is 5.75 Å². The molecule has 0 aromatic heterocycles. The van der Waals surface area contributed by atoms with E-state index in [0.717, 1.165) is 84.7 Å². The third-order valence-corrected chi connectivity index (χ3v) is 7.99. The summed E-state index contributed by atoms with van der Waals surface area (Å²) < 4.78 is 6.52. The van der Waals surface area contributed by atoms with Crippen LogP contribution in [0.4, 0.5) is 0 Å². The number of unbranched alkanes of at least 4 members (excludes halogenated alkanes) is 2. The number of ether oxygens (including phenoxy) is 1. The molecule has 0 heterocycles. The molecule has 0 spiro atoms. The van der Waals surface area contributed by atoms with Crippen LogP contribution in [0.25, 0.3) is 0 Å². The number of nitrogens with one attached hydrogen (secondary N) is 1. The van der Waals surface area contributed by atoms with E-state index in [1.165, 1.54) is 0 Å². The van der Waals surface area contributed by atoms with E-state index in [0.29, 0.717) is 18.6 Å². The first-order chi connectivity index (χ1) is 17.8. The second kappa shape index (κ2) is 16.1. The Morgan fingerprint density at radius 3 is 2.49 bits per heavy atom. The summed E-state index contributed by atoms with van der Waals surface area (Å²) in [6.07, 6.45) is 13.4. The zero-order valence-corrected chi connectivity index (χ0v) is 25.1. The summed E-state index contributed by atoms with van der Waals surface area (Å²) >= 11 is 3.56. The minimum absolute atomic E-state index is 0.0920. The number of allylic oxidation sites excluding steroid dienone is 4. The topological polar surface area (TPSA) is 67.2 Å². The van der Waals surface area contributed by atoms with E-state index in [1.54, 1.807) is 7.11 Å². The standard InChI is InChI=1S/C32H46BrNO3/c1-6-9-13-25(27(8-3)31(36)23-18-19-23)21-26(30(34)29(35)20-22(4)7-2)15-11-10-14-24-16-12-17-28(33)32(24)37-5/h12-13,16-17,21-23,27,34H,6-11,14-15,18-20H2,1-5H3/b25-13+,26-21-,34-30?. The molecule has 0 saturated heterocycles. The molecule has 0 bridgehead atoms. The number of carbonyl (C=O) groups excluding carboxylic acids is 2. The predicted octanol–water partition coefficient (Wildman–Crippen LogP) is 8.85. The minimum Gasteiger partial charge on any atom is -0.495 e. The molecule has 2 atom stereocenters. The lowest BCUT2D eigenvalue weighted by Gasteiger charge is -2.18. The van der Waals surface area contributed by atoms with Gasteiger partial charge < -0.3 is 4.74 Å². The van der Waals surface area contributed by atoms with Gasteiger partial charge >= 0.3 is 0 Å². The van der Waals surface area contributed by atoms with Crippen molar-refractivity contribution >= 4 is 33.2 Å². The number of para-hydroxylation sites is 1. The van der Waals surface area contributed by atoms with Gasteiger partial charge in [-0.1, -0.05) is 64.8 Å². The molecule has 204 valence electrons. The van der Waals surface area contributed by atoms with Crippen LogP contribution in [-0.4, -0.2) is 24.4 Å². The van der Waals surface area contributed by atoms with E-state index in [4.69, 9.17) is 10.1 Å². The maximum Gasteiger partial charge on any atom is 0.180 e. The molecule has 4 nitrogen and oxygen atoms in total. The van der Waals surface area contributed by atoms with Gasteiger partial charge in [0.1, 0.15) is 17.2 Å². The van der Waals surface area contributed by atoms with Gasteiger partial charge in [0.25, 0.3) is 0 Å². The van der Waals surface area contributed by atoms with Gasteiger partial charge in [-0.15, -0.1) is 0 Å². The summed E-state index contributed by atoms with van der Waals surface area (Å²) in [5, 5.41) is 8.83. The van der Waals surface area contributed by atoms with E-state index < -0.39 is 0 Å². The van der Waals surface area contributed by atoms with Crippen molar-refractivity contribution < 1.29 is 14.3 Å². The lowest BCUT2D eigenvalue weighted by molar-refractivity contribution is -0.123. The van der Waals surface area contributed by atoms with Gasteiger partial charge in [0.2, 0.25) is 0 Å². The van der Waals surface area contributed by atoms with Crippen molar-refractivity contribution in [2.75, 3.05) is 7.11 Å². The van der Waals surface area contributed by atoms with Crippen LogP contribution >= 0.6 is 15.9 Å². The number of Topliss-reactive ketones (excluding diaryl/α,β-unsaturated/α-hetero) is 2. The zero-order valence-electron chi connectivity index (χ0n) is 23.5. The van der Waals surface area contributed by atoms with E-state index in [1.807, 2.05) is 18.2 Å². The number of hydrogen-bond donors (Lipinski definition) is 1. The van der Waals surface area contributed by atoms with E-state index in [-0.39, 0.29) is 29.2 Å². The SMILES string of the molecule is CCC/C=C(\C=C(\CCCCc1cccc(Br)c1OC)C(=N)C(=O)CC(C)CC)C(CC)C(=O)C1CC1. The molecule has 1 N–H and O–H groups in total. The largest absolute Gasteiger partial charge is 0.495 e. The number of halogens is 1. The van der Waals surface area contributed by atoms with Crippen LogP contribution in [0.3, 0.4) is 0 Å². The van der Waals surface area contributed by atoms with Crippen LogP contribution in [0.2, 0.25) is 0 Å². The highest BCUT2D eigenvalue weighted by atomic mass is 79.9. The van der Waals surface area contributed by atoms with Gasteiger partial charge in [-0.2, -0.15) is 0 Å². The first-order valence-corrected chi connectivity index (χ1v) is 14.9. The summed E-state index contributed by atoms with van der Waals surface area (Å²) in [5.41, 5.74) is 3.05. The van der Waals surface area contributed by atoms with E-state index in [2.05, 4.69) is 55.8 Å². The van der Waals surface area contributed by atoms with Crippen LogP contribution in [-0.2, 0) is 16.0 Å². The first-order valence-electron chi connectivity index (χ1n) is 14.1. The Morgan fingerprint density at radius 2 is 1.89 bits per heavy atom. The van der Waals surface area contributed by atoms with Gasteiger partial charge in [-0.3, -0.25) is 15.0 Å². The Bertz CT molecular complexity index is 990. The Balaban J connectivity index is 2.27. The monoisotopic (exact) mass is 571 g/mol. The van der Waals surface area contributed by atoms with Crippen molar-refractivity contribution in [3.63, 3.8) is 0 Å². The molecular formula is C32H46BrNO3. The number of hydrogen-bond acceptors (Lipinski definition) is 4. The highest BCUT2D eigenvalue weighted by Crippen LogP contribution is 2.36. The highest BCUT2D eigenvalue weighted by Gasteiger charge is 2.35. The second-order valence-electron chi connectivity index (χ2n) is 10.5. The average Bonchev–Trinajstić information content (AvgIpc) is 3.74. The van der Waals surface area contributed by atoms with Gasteiger partial charge in [-0.25, -0.2) is 0 Å². The number of benzene rings is 1. The van der Waals surface area contributed by atoms with Crippen molar-refractivity contribution in [3.8, 4) is 5.75 Å². The number of aryl methyl sites for hydroxylation is 1. The smallest absolute Gasteiger partial charge is 0.180 e. The molecule has 1 aliphatic carbocycles. The summed E-state index contributed by atoms with van der Waals surface area (Å²) in [6, 6.07) is 6.08. The maximum absolute atomic E-state index is 13.1. The third kappa shape index (κ3) is 9.67. The molecule has 0 amide bonds. The number of ketones is 2. The van der Waals surface area contributed by atoms with Gasteiger partial charge in [-0.05, 0) is 96.0 Å². The Morgan fingerprint density at radius 1 is 1.16 bits per heavy atom. The Kier molecular flexibility index (Phi) is 13.5. The molecule has 5 heteroatoms. The molecule has 37 heavy (non-hydrogen) atoms. The lowest BCUT2D eigenvalue weighted by Crippen LogP contribution is -2.21. The summed E-state index contributed by atoms with van der Waals surface area (Å²) in [6.45, 7) is 8.35. The third-order valence-electron chi connectivity index (χ3n) is 7.37. The molecule has 2 rings (SSSR count). The van der Waals surface area contributed by atoms with Crippen LogP contribution in [0.15, 0.2) is 46.0 Å². The summed E-state index contributed by atoms with van der Waals surface area (Å²) in [7, 11) is 1.69. The first kappa shape index (κ1) is 31.2. The van der Waals surface area contributed by atoms with Crippen molar-refractivity contribution in [2.24, 2.45) is 17.8 Å². The second-order valence-corrected chi connectivity index (χ2v) is 11.3. The normalized spacial score (nSPS) is 15.8. The molecule has 0 radical (unpaired) electrons. The van der Waals surface area contributed by atoms with Gasteiger partial charge in [0.15, 0.2) is 5.78 Å². The quantitative estimate of drug-likeness (QED) is 0.109. The summed E-state index contributed by atoms with van der Waals surface area (Å²) in [4.78, 5) is 26.2. The van der Waals surface area contributed by atoms with Crippen molar-refractivity contribution in [2.45, 2.75) is 98.3 Å². The van der Waals surface area contributed by atoms with Crippen LogP contribution in [0, 0.1) is 23.2 Å². The van der Waals surface area contributed by atoms with Crippen molar-refractivity contribution in [1.29, 1.82) is 5.41 Å². The zero-order chi connectivity index (χ0) is 27.4. The van der Waals surface area contributed by atoms with E-state index >= 15 is 0 Å². The molecule has 1 aliphatic rings. The highest BCUT2D eigenvalue weighted by molar-refractivity contribution is 9.10. The van der Waals surface area contributed by atoms with Crippen LogP contribution < -0.4 is 4.74 Å². The summed E-state index contributed by atoms with van der Waals surface area (Å²) in [5.74, 6) is 1.42. The fraction of sp³-hybridized carbons (Fsp3) is 0.594. The fourth-order valence-electron chi connectivity index (χ4n) is 4.69. The number of methoxy groups -OCH3 is 1. The van der Waals surface area contributed by atoms with E-state index in [9.17, 15) is 9.59 Å². The van der Waals surface area contributed by atoms with Crippen LogP contribution in [0.1, 0.15) is 97.5 Å². The van der Waals surface area contributed by atoms with Crippen molar-refractivity contribution in [3.05, 3.63) is 51.5 Å². The Labute approximate surface area is 233 Å². The van der Waals surface area contributed by atoms with Gasteiger partial charge in [0.05, 0.1) is 11.6 Å². The predicted molar refractivity (Wildman–Crippen MR) is 158 cm³/mol. The molecule has 1 saturated carbocycles. The molecule has 0 aliphatic heterocycles. The lowest BCUT2D eigenvalue weighted by atomic mass is 9.85. The molecule has 1 aromatic rings. The number of carbonyl (C=O) groups is 2. The Hall–Kier alpha value is -2.01.